The summed E-state index contributed by atoms with van der Waals surface area (Å²) < 4.78 is 19.5. The highest BCUT2D eigenvalue weighted by molar-refractivity contribution is 7.74. The molecule has 0 aromatic heterocycles. The van der Waals surface area contributed by atoms with Crippen LogP contribution in [-0.2, 0) is 15.5 Å². The third-order valence-corrected chi connectivity index (χ3v) is 7.44. The van der Waals surface area contributed by atoms with E-state index in [1.165, 1.54) is 0 Å². The lowest BCUT2D eigenvalue weighted by Gasteiger charge is -2.19. The molecule has 0 aliphatic carbocycles. The van der Waals surface area contributed by atoms with Crippen LogP contribution in [0.15, 0.2) is 72.8 Å². The van der Waals surface area contributed by atoms with Crippen LogP contribution in [0.1, 0.15) is 35.7 Å². The average molecular weight is 447 g/mol. The van der Waals surface area contributed by atoms with Crippen molar-refractivity contribution >= 4 is 47.1 Å². The molecule has 0 aliphatic rings. The van der Waals surface area contributed by atoms with E-state index in [4.69, 9.17) is 27.7 Å². The van der Waals surface area contributed by atoms with Crippen molar-refractivity contribution in [2.24, 2.45) is 0 Å². The summed E-state index contributed by atoms with van der Waals surface area (Å²) in [7, 11) is -3.68. The average Bonchev–Trinajstić information content (AvgIpc) is 2.73. The molecular weight excluding hydrogens is 426 g/mol. The highest BCUT2D eigenvalue weighted by Crippen LogP contribution is 2.45. The van der Waals surface area contributed by atoms with Crippen LogP contribution in [0.2, 0.25) is 10.0 Å². The molecule has 3 nitrogen and oxygen atoms in total. The number of unbranched alkanes of at least 4 members (excludes halogenated alkanes) is 1. The van der Waals surface area contributed by atoms with Crippen molar-refractivity contribution in [3.05, 3.63) is 94.0 Å². The van der Waals surface area contributed by atoms with E-state index >= 15 is 0 Å². The summed E-state index contributed by atoms with van der Waals surface area (Å²) in [5, 5.41) is 1.78. The minimum atomic E-state index is -3.68. The Morgan fingerprint density at radius 2 is 1.31 bits per heavy atom. The SMILES string of the molecule is CCCCc1ccc(C(=O)OP(=O)(c2ccc(Cl)cc2)c2ccc(Cl)cc2)cc1. The van der Waals surface area contributed by atoms with Gasteiger partial charge in [-0.2, -0.15) is 0 Å². The maximum Gasteiger partial charge on any atom is 0.343 e. The smallest absolute Gasteiger partial charge is 0.343 e. The lowest BCUT2D eigenvalue weighted by atomic mass is 10.1. The van der Waals surface area contributed by atoms with Gasteiger partial charge in [0.2, 0.25) is 0 Å². The van der Waals surface area contributed by atoms with Crippen molar-refractivity contribution in [3.63, 3.8) is 0 Å². The van der Waals surface area contributed by atoms with Gasteiger partial charge in [0.25, 0.3) is 0 Å². The second kappa shape index (κ2) is 9.63. The van der Waals surface area contributed by atoms with Gasteiger partial charge in [-0.05, 0) is 79.1 Å². The van der Waals surface area contributed by atoms with Gasteiger partial charge in [0.15, 0.2) is 0 Å². The zero-order chi connectivity index (χ0) is 20.9. The summed E-state index contributed by atoms with van der Waals surface area (Å²) in [4.78, 5) is 12.8. The molecule has 0 amide bonds. The molecule has 150 valence electrons. The third-order valence-electron chi connectivity index (χ3n) is 4.55. The summed E-state index contributed by atoms with van der Waals surface area (Å²) in [5.41, 5.74) is 1.51. The van der Waals surface area contributed by atoms with E-state index < -0.39 is 13.3 Å². The molecule has 0 unspecified atom stereocenters. The Bertz CT molecular complexity index is 964. The molecule has 0 spiro atoms. The van der Waals surface area contributed by atoms with E-state index in [-0.39, 0.29) is 0 Å². The largest absolute Gasteiger partial charge is 0.401 e. The number of hydrogen-bond donors (Lipinski definition) is 0. The first kappa shape index (κ1) is 21.6. The van der Waals surface area contributed by atoms with Crippen molar-refractivity contribution in [1.29, 1.82) is 0 Å². The molecule has 0 bridgehead atoms. The molecule has 0 aliphatic heterocycles. The maximum atomic E-state index is 13.9. The van der Waals surface area contributed by atoms with E-state index in [2.05, 4.69) is 6.92 Å². The molecule has 29 heavy (non-hydrogen) atoms. The number of rotatable bonds is 7. The van der Waals surface area contributed by atoms with Gasteiger partial charge in [0.1, 0.15) is 0 Å². The molecule has 3 rings (SSSR count). The predicted molar refractivity (Wildman–Crippen MR) is 120 cm³/mol. The zero-order valence-electron chi connectivity index (χ0n) is 16.0. The quantitative estimate of drug-likeness (QED) is 0.393. The third kappa shape index (κ3) is 5.30. The fourth-order valence-corrected chi connectivity index (χ4v) is 5.07. The van der Waals surface area contributed by atoms with Crippen LogP contribution in [0.4, 0.5) is 0 Å². The van der Waals surface area contributed by atoms with Crippen LogP contribution < -0.4 is 10.6 Å². The van der Waals surface area contributed by atoms with Crippen molar-refractivity contribution in [2.75, 3.05) is 0 Å². The van der Waals surface area contributed by atoms with E-state index in [1.54, 1.807) is 60.7 Å². The fraction of sp³-hybridized carbons (Fsp3) is 0.174. The van der Waals surface area contributed by atoms with Crippen molar-refractivity contribution in [2.45, 2.75) is 26.2 Å². The van der Waals surface area contributed by atoms with Gasteiger partial charge >= 0.3 is 13.3 Å². The monoisotopic (exact) mass is 446 g/mol. The minimum Gasteiger partial charge on any atom is -0.401 e. The van der Waals surface area contributed by atoms with Crippen LogP contribution in [0, 0.1) is 0 Å². The molecule has 0 heterocycles. The Kier molecular flexibility index (Phi) is 7.18. The number of halogens is 2. The van der Waals surface area contributed by atoms with Gasteiger partial charge < -0.3 is 4.52 Å². The van der Waals surface area contributed by atoms with Crippen LogP contribution in [0.3, 0.4) is 0 Å². The normalized spacial score (nSPS) is 11.3. The Balaban J connectivity index is 1.92. The standard InChI is InChI=1S/C23H21Cl2O3P/c1-2-3-4-17-5-7-18(8-6-17)23(26)28-29(27,21-13-9-19(24)10-14-21)22-15-11-20(25)12-16-22/h5-16H,2-4H2,1H3. The number of carbonyl (C=O) groups is 1. The molecule has 0 fully saturated rings. The lowest BCUT2D eigenvalue weighted by molar-refractivity contribution is 0.0747. The van der Waals surface area contributed by atoms with E-state index in [9.17, 15) is 9.36 Å². The molecule has 3 aromatic carbocycles. The second-order valence-electron chi connectivity index (χ2n) is 6.68. The molecule has 0 saturated heterocycles. The van der Waals surface area contributed by atoms with Gasteiger partial charge in [0.05, 0.1) is 16.2 Å². The van der Waals surface area contributed by atoms with Gasteiger partial charge in [-0.3, -0.25) is 4.57 Å². The molecule has 0 saturated carbocycles. The van der Waals surface area contributed by atoms with Gasteiger partial charge in [-0.15, -0.1) is 0 Å². The highest BCUT2D eigenvalue weighted by atomic mass is 35.5. The minimum absolute atomic E-state index is 0.355. The topological polar surface area (TPSA) is 43.4 Å². The fourth-order valence-electron chi connectivity index (χ4n) is 2.89. The number of hydrogen-bond acceptors (Lipinski definition) is 3. The van der Waals surface area contributed by atoms with Crippen molar-refractivity contribution in [3.8, 4) is 0 Å². The molecule has 0 radical (unpaired) electrons. The number of aryl methyl sites for hydroxylation is 1. The zero-order valence-corrected chi connectivity index (χ0v) is 18.4. The summed E-state index contributed by atoms with van der Waals surface area (Å²) in [5.74, 6) is -0.639. The van der Waals surface area contributed by atoms with Gasteiger partial charge in [-0.1, -0.05) is 48.7 Å². The lowest BCUT2D eigenvalue weighted by Crippen LogP contribution is -2.21. The van der Waals surface area contributed by atoms with Crippen molar-refractivity contribution in [1.82, 2.24) is 0 Å². The first-order chi connectivity index (χ1) is 13.9. The van der Waals surface area contributed by atoms with Crippen LogP contribution in [0.5, 0.6) is 0 Å². The van der Waals surface area contributed by atoms with Crippen LogP contribution in [0.25, 0.3) is 0 Å². The Hall–Kier alpha value is -2.06. The van der Waals surface area contributed by atoms with Gasteiger partial charge in [-0.25, -0.2) is 4.79 Å². The maximum absolute atomic E-state index is 13.9. The van der Waals surface area contributed by atoms with Crippen LogP contribution in [-0.4, -0.2) is 5.97 Å². The molecule has 0 atom stereocenters. The predicted octanol–water partition coefficient (Wildman–Crippen LogP) is 6.42. The van der Waals surface area contributed by atoms with E-state index in [1.807, 2.05) is 12.1 Å². The number of benzene rings is 3. The van der Waals surface area contributed by atoms with E-state index in [0.29, 0.717) is 26.2 Å². The molecule has 0 N–H and O–H groups in total. The molecule has 3 aromatic rings. The first-order valence-electron chi connectivity index (χ1n) is 9.37. The first-order valence-corrected chi connectivity index (χ1v) is 11.8. The molecule has 6 heteroatoms. The summed E-state index contributed by atoms with van der Waals surface area (Å²) in [6, 6.07) is 20.2. The number of carbonyl (C=O) groups excluding carboxylic acids is 1. The summed E-state index contributed by atoms with van der Waals surface area (Å²) >= 11 is 11.9. The van der Waals surface area contributed by atoms with Crippen LogP contribution >= 0.6 is 30.6 Å². The highest BCUT2D eigenvalue weighted by Gasteiger charge is 2.32. The summed E-state index contributed by atoms with van der Waals surface area (Å²) in [6.45, 7) is 2.14. The van der Waals surface area contributed by atoms with Crippen molar-refractivity contribution < 1.29 is 13.9 Å². The Labute approximate surface area is 181 Å². The van der Waals surface area contributed by atoms with E-state index in [0.717, 1.165) is 24.8 Å². The summed E-state index contributed by atoms with van der Waals surface area (Å²) in [6.07, 6.45) is 3.15. The molecular formula is C23H21Cl2O3P. The van der Waals surface area contributed by atoms with Gasteiger partial charge in [0, 0.05) is 10.0 Å². The Morgan fingerprint density at radius 3 is 1.76 bits per heavy atom. The Morgan fingerprint density at radius 1 is 0.828 bits per heavy atom. The second-order valence-corrected chi connectivity index (χ2v) is 9.87.